The van der Waals surface area contributed by atoms with Crippen LogP contribution in [0.25, 0.3) is 18.2 Å². The van der Waals surface area contributed by atoms with E-state index in [9.17, 15) is 9.65 Å². The SMILES string of the molecule is COc1ccc(CNS2(Cc3ccccc3)C=Cc3c(C#N)ncc(C=Cc4ccc(F)cc4)c32)cc1. The first-order valence-corrected chi connectivity index (χ1v) is 13.7. The monoisotopic (exact) mass is 507 g/mol. The van der Waals surface area contributed by atoms with Crippen LogP contribution in [0, 0.1) is 17.1 Å². The normalized spacial score (nSPS) is 17.8. The van der Waals surface area contributed by atoms with Crippen LogP contribution in [-0.4, -0.2) is 12.1 Å². The molecular weight excluding hydrogens is 481 g/mol. The van der Waals surface area contributed by atoms with E-state index in [1.54, 1.807) is 25.4 Å². The van der Waals surface area contributed by atoms with Crippen LogP contribution in [0.2, 0.25) is 0 Å². The van der Waals surface area contributed by atoms with Crippen molar-refractivity contribution in [1.29, 1.82) is 5.26 Å². The smallest absolute Gasteiger partial charge is 0.148 e. The summed E-state index contributed by atoms with van der Waals surface area (Å²) in [7, 11) is -0.0649. The molecule has 0 radical (unpaired) electrons. The van der Waals surface area contributed by atoms with Crippen molar-refractivity contribution in [1.82, 2.24) is 9.71 Å². The van der Waals surface area contributed by atoms with Gasteiger partial charge < -0.3 is 4.74 Å². The number of hydrogen-bond donors (Lipinski definition) is 1. The van der Waals surface area contributed by atoms with Crippen molar-refractivity contribution in [3.63, 3.8) is 0 Å². The zero-order valence-corrected chi connectivity index (χ0v) is 21.2. The minimum absolute atomic E-state index is 0.267. The Hall–Kier alpha value is -4.18. The van der Waals surface area contributed by atoms with E-state index in [1.165, 1.54) is 17.7 Å². The first-order chi connectivity index (χ1) is 18.1. The zero-order valence-electron chi connectivity index (χ0n) is 20.4. The molecule has 37 heavy (non-hydrogen) atoms. The maximum atomic E-state index is 13.4. The van der Waals surface area contributed by atoms with Crippen molar-refractivity contribution in [3.8, 4) is 11.8 Å². The number of nitriles is 1. The highest BCUT2D eigenvalue weighted by atomic mass is 32.3. The molecule has 0 spiro atoms. The quantitative estimate of drug-likeness (QED) is 0.271. The van der Waals surface area contributed by atoms with Gasteiger partial charge in [-0.15, -0.1) is 10.2 Å². The summed E-state index contributed by atoms with van der Waals surface area (Å²) >= 11 is 0. The van der Waals surface area contributed by atoms with Gasteiger partial charge >= 0.3 is 0 Å². The highest BCUT2D eigenvalue weighted by Crippen LogP contribution is 2.63. The number of methoxy groups -OCH3 is 1. The maximum absolute atomic E-state index is 13.4. The number of pyridine rings is 1. The second-order valence-electron chi connectivity index (χ2n) is 8.70. The average Bonchev–Trinajstić information content (AvgIpc) is 3.32. The van der Waals surface area contributed by atoms with E-state index in [-0.39, 0.29) is 5.82 Å². The molecule has 2 heterocycles. The van der Waals surface area contributed by atoms with Crippen molar-refractivity contribution in [3.05, 3.63) is 130 Å². The standard InChI is InChI=1S/C31H26FN3OS/c1-36-28-15-10-24(11-16-28)20-35-37(22-25-5-3-2-4-6-25)18-17-29-30(19-33)34-21-26(31(29)37)12-7-23-8-13-27(32)14-9-23/h2-18,21,35H,20,22H2,1H3. The zero-order chi connectivity index (χ0) is 25.7. The second-order valence-corrected chi connectivity index (χ2v) is 11.5. The summed E-state index contributed by atoms with van der Waals surface area (Å²) in [4.78, 5) is 5.55. The van der Waals surface area contributed by atoms with Gasteiger partial charge in [0.15, 0.2) is 0 Å². The molecule has 3 aromatic carbocycles. The van der Waals surface area contributed by atoms with Crippen LogP contribution >= 0.6 is 10.2 Å². The number of rotatable bonds is 8. The lowest BCUT2D eigenvalue weighted by Crippen LogP contribution is -2.21. The average molecular weight is 508 g/mol. The molecule has 1 atom stereocenters. The van der Waals surface area contributed by atoms with E-state index in [4.69, 9.17) is 4.74 Å². The lowest BCUT2D eigenvalue weighted by Gasteiger charge is -2.38. The van der Waals surface area contributed by atoms with Gasteiger partial charge in [-0.3, -0.25) is 4.72 Å². The summed E-state index contributed by atoms with van der Waals surface area (Å²) in [5.74, 6) is 1.33. The Kier molecular flexibility index (Phi) is 7.18. The molecule has 184 valence electrons. The van der Waals surface area contributed by atoms with Crippen LogP contribution in [0.1, 0.15) is 33.5 Å². The van der Waals surface area contributed by atoms with E-state index in [0.29, 0.717) is 12.2 Å². The number of aromatic nitrogens is 1. The van der Waals surface area contributed by atoms with Gasteiger partial charge in [0.05, 0.1) is 7.11 Å². The van der Waals surface area contributed by atoms with E-state index in [0.717, 1.165) is 38.7 Å². The van der Waals surface area contributed by atoms with E-state index in [2.05, 4.69) is 45.4 Å². The molecule has 0 amide bonds. The summed E-state index contributed by atoms with van der Waals surface area (Å²) in [6.07, 6.45) is 7.77. The van der Waals surface area contributed by atoms with E-state index < -0.39 is 10.2 Å². The topological polar surface area (TPSA) is 57.9 Å². The predicted molar refractivity (Wildman–Crippen MR) is 149 cm³/mol. The van der Waals surface area contributed by atoms with Crippen molar-refractivity contribution in [2.24, 2.45) is 0 Å². The molecule has 0 saturated heterocycles. The van der Waals surface area contributed by atoms with E-state index >= 15 is 0 Å². The molecular formula is C31H26FN3OS. The molecule has 1 aliphatic heterocycles. The first-order valence-electron chi connectivity index (χ1n) is 11.9. The number of benzene rings is 3. The van der Waals surface area contributed by atoms with Crippen LogP contribution < -0.4 is 9.46 Å². The Morgan fingerprint density at radius 2 is 1.73 bits per heavy atom. The number of ether oxygens (including phenoxy) is 1. The van der Waals surface area contributed by atoms with Crippen LogP contribution in [0.4, 0.5) is 4.39 Å². The van der Waals surface area contributed by atoms with Crippen molar-refractivity contribution in [2.45, 2.75) is 17.2 Å². The molecule has 6 heteroatoms. The maximum Gasteiger partial charge on any atom is 0.148 e. The molecule has 0 aliphatic carbocycles. The Labute approximate surface area is 218 Å². The molecule has 4 aromatic rings. The van der Waals surface area contributed by atoms with Gasteiger partial charge in [-0.05, 0) is 52.4 Å². The minimum atomic E-state index is -1.73. The van der Waals surface area contributed by atoms with Gasteiger partial charge in [-0.1, -0.05) is 66.7 Å². The number of halogens is 1. The molecule has 5 rings (SSSR count). The van der Waals surface area contributed by atoms with Crippen LogP contribution in [-0.2, 0) is 12.3 Å². The van der Waals surface area contributed by atoms with Crippen LogP contribution in [0.3, 0.4) is 0 Å². The highest BCUT2D eigenvalue weighted by Gasteiger charge is 2.34. The van der Waals surface area contributed by atoms with Crippen molar-refractivity contribution in [2.75, 3.05) is 7.11 Å². The summed E-state index contributed by atoms with van der Waals surface area (Å²) in [6.45, 7) is 0.654. The third kappa shape index (κ3) is 5.34. The third-order valence-electron chi connectivity index (χ3n) is 6.29. The van der Waals surface area contributed by atoms with Gasteiger partial charge in [0.1, 0.15) is 23.3 Å². The fraction of sp³-hybridized carbons (Fsp3) is 0.0968. The Morgan fingerprint density at radius 3 is 2.43 bits per heavy atom. The fourth-order valence-electron chi connectivity index (χ4n) is 4.39. The summed E-state index contributed by atoms with van der Waals surface area (Å²) in [5, 5.41) is 12.0. The summed E-state index contributed by atoms with van der Waals surface area (Å²) in [5.41, 5.74) is 5.45. The molecule has 0 bridgehead atoms. The largest absolute Gasteiger partial charge is 0.497 e. The fourth-order valence-corrected chi connectivity index (χ4v) is 7.72. The predicted octanol–water partition coefficient (Wildman–Crippen LogP) is 7.32. The third-order valence-corrected chi connectivity index (χ3v) is 9.52. The van der Waals surface area contributed by atoms with E-state index in [1.807, 2.05) is 48.6 Å². The molecule has 0 fully saturated rings. The summed E-state index contributed by atoms with van der Waals surface area (Å²) in [6, 6.07) is 27.1. The highest BCUT2D eigenvalue weighted by molar-refractivity contribution is 8.34. The van der Waals surface area contributed by atoms with Crippen LogP contribution in [0.15, 0.2) is 95.4 Å². The van der Waals surface area contributed by atoms with Gasteiger partial charge in [-0.2, -0.15) is 5.26 Å². The molecule has 1 aliphatic rings. The lowest BCUT2D eigenvalue weighted by molar-refractivity contribution is 0.414. The lowest BCUT2D eigenvalue weighted by atomic mass is 10.1. The van der Waals surface area contributed by atoms with Crippen LogP contribution in [0.5, 0.6) is 5.75 Å². The Balaban J connectivity index is 1.58. The number of nitrogens with zero attached hydrogens (tertiary/aromatic N) is 2. The molecule has 4 nitrogen and oxygen atoms in total. The second kappa shape index (κ2) is 10.8. The Morgan fingerprint density at radius 1 is 0.973 bits per heavy atom. The van der Waals surface area contributed by atoms with Gasteiger partial charge in [-0.25, -0.2) is 9.37 Å². The molecule has 1 unspecified atom stereocenters. The molecule has 1 N–H and O–H groups in total. The molecule has 1 aromatic heterocycles. The van der Waals surface area contributed by atoms with Gasteiger partial charge in [0.2, 0.25) is 0 Å². The van der Waals surface area contributed by atoms with Gasteiger partial charge in [0, 0.05) is 34.5 Å². The minimum Gasteiger partial charge on any atom is -0.497 e. The Bertz CT molecular complexity index is 1490. The summed E-state index contributed by atoms with van der Waals surface area (Å²) < 4.78 is 22.6. The first kappa shape index (κ1) is 24.5. The number of nitrogens with one attached hydrogen (secondary N) is 1. The van der Waals surface area contributed by atoms with Gasteiger partial charge in [0.25, 0.3) is 0 Å². The van der Waals surface area contributed by atoms with Crippen molar-refractivity contribution >= 4 is 28.4 Å². The number of hydrogen-bond acceptors (Lipinski definition) is 4. The molecule has 0 saturated carbocycles. The number of fused-ring (bicyclic) bond motifs is 1. The van der Waals surface area contributed by atoms with Crippen molar-refractivity contribution < 1.29 is 9.13 Å².